The Kier molecular flexibility index (Phi) is 3.96. The largest absolute Gasteiger partial charge is 0.482 e. The fraction of sp³-hybridized carbons (Fsp3) is 0.364. The lowest BCUT2D eigenvalue weighted by Gasteiger charge is -2.10. The van der Waals surface area contributed by atoms with Crippen molar-refractivity contribution in [2.75, 3.05) is 0 Å². The van der Waals surface area contributed by atoms with Crippen LogP contribution in [0.5, 0.6) is 5.75 Å². The van der Waals surface area contributed by atoms with E-state index in [1.807, 2.05) is 24.3 Å². The first kappa shape index (κ1) is 11.1. The number of hydrogen-bond acceptors (Lipinski definition) is 2. The van der Waals surface area contributed by atoms with Crippen molar-refractivity contribution in [1.29, 1.82) is 0 Å². The second kappa shape index (κ2) is 5.01. The van der Waals surface area contributed by atoms with Gasteiger partial charge in [0.05, 0.1) is 0 Å². The van der Waals surface area contributed by atoms with E-state index in [1.165, 1.54) is 5.56 Å². The minimum Gasteiger partial charge on any atom is -0.482 e. The van der Waals surface area contributed by atoms with Gasteiger partial charge in [0.15, 0.2) is 6.10 Å². The third-order valence-corrected chi connectivity index (χ3v) is 2.25. The predicted octanol–water partition coefficient (Wildman–Crippen LogP) is 2.78. The Hall–Kier alpha value is -1.02. The highest BCUT2D eigenvalue weighted by Gasteiger charge is 2.10. The maximum Gasteiger partial charge on any atom is 0.262 e. The molecule has 0 heterocycles. The van der Waals surface area contributed by atoms with Crippen LogP contribution in [0.2, 0.25) is 0 Å². The van der Waals surface area contributed by atoms with Crippen molar-refractivity contribution in [3.05, 3.63) is 29.8 Å². The molecule has 0 aliphatic heterocycles. The Morgan fingerprint density at radius 1 is 1.57 bits per heavy atom. The zero-order valence-electron chi connectivity index (χ0n) is 8.29. The Bertz CT molecular complexity index is 323. The van der Waals surface area contributed by atoms with Crippen molar-refractivity contribution in [2.24, 2.45) is 0 Å². The predicted molar refractivity (Wildman–Crippen MR) is 56.8 cm³/mol. The topological polar surface area (TPSA) is 26.3 Å². The van der Waals surface area contributed by atoms with E-state index in [-0.39, 0.29) is 0 Å². The molecule has 1 atom stereocenters. The molecular formula is C11H13ClO2. The number of rotatable bonds is 4. The van der Waals surface area contributed by atoms with Crippen molar-refractivity contribution >= 4 is 16.8 Å². The van der Waals surface area contributed by atoms with Gasteiger partial charge in [-0.05, 0) is 42.6 Å². The van der Waals surface area contributed by atoms with Crippen LogP contribution in [0.15, 0.2) is 24.3 Å². The first-order chi connectivity index (χ1) is 6.63. The first-order valence-corrected chi connectivity index (χ1v) is 4.96. The molecule has 1 aromatic rings. The number of carbonyl (C=O) groups is 1. The Balaban J connectivity index is 2.71. The van der Waals surface area contributed by atoms with E-state index in [1.54, 1.807) is 6.92 Å². The van der Waals surface area contributed by atoms with Gasteiger partial charge in [0.25, 0.3) is 5.24 Å². The summed E-state index contributed by atoms with van der Waals surface area (Å²) in [5.41, 5.74) is 1.18. The van der Waals surface area contributed by atoms with Crippen molar-refractivity contribution in [1.82, 2.24) is 0 Å². The summed E-state index contributed by atoms with van der Waals surface area (Å²) in [6.45, 7) is 3.70. The highest BCUT2D eigenvalue weighted by Crippen LogP contribution is 2.15. The molecule has 14 heavy (non-hydrogen) atoms. The summed E-state index contributed by atoms with van der Waals surface area (Å²) < 4.78 is 5.34. The van der Waals surface area contributed by atoms with Crippen molar-refractivity contribution < 1.29 is 9.53 Å². The van der Waals surface area contributed by atoms with Crippen LogP contribution in [0.25, 0.3) is 0 Å². The van der Waals surface area contributed by atoms with Crippen LogP contribution in [-0.2, 0) is 11.2 Å². The normalized spacial score (nSPS) is 12.2. The van der Waals surface area contributed by atoms with Gasteiger partial charge >= 0.3 is 0 Å². The molecule has 3 heteroatoms. The molecule has 0 N–H and O–H groups in total. The minimum atomic E-state index is -0.594. The smallest absolute Gasteiger partial charge is 0.262 e. The van der Waals surface area contributed by atoms with Crippen LogP contribution in [0.3, 0.4) is 0 Å². The van der Waals surface area contributed by atoms with Crippen molar-refractivity contribution in [2.45, 2.75) is 26.4 Å². The van der Waals surface area contributed by atoms with E-state index in [0.29, 0.717) is 5.75 Å². The number of ether oxygens (including phenoxy) is 1. The molecule has 0 aliphatic carbocycles. The van der Waals surface area contributed by atoms with E-state index in [2.05, 4.69) is 6.92 Å². The molecule has 2 nitrogen and oxygen atoms in total. The lowest BCUT2D eigenvalue weighted by atomic mass is 10.2. The molecule has 0 fully saturated rings. The molecule has 0 saturated carbocycles. The van der Waals surface area contributed by atoms with E-state index in [0.717, 1.165) is 6.42 Å². The summed E-state index contributed by atoms with van der Waals surface area (Å²) >= 11 is 5.29. The molecule has 0 spiro atoms. The zero-order valence-corrected chi connectivity index (χ0v) is 9.04. The van der Waals surface area contributed by atoms with Gasteiger partial charge in [0.1, 0.15) is 5.75 Å². The van der Waals surface area contributed by atoms with Gasteiger partial charge in [-0.1, -0.05) is 19.1 Å². The van der Waals surface area contributed by atoms with E-state index in [4.69, 9.17) is 16.3 Å². The summed E-state index contributed by atoms with van der Waals surface area (Å²) in [5.74, 6) is 0.686. The van der Waals surface area contributed by atoms with Crippen LogP contribution in [0, 0.1) is 0 Å². The summed E-state index contributed by atoms with van der Waals surface area (Å²) in [4.78, 5) is 10.7. The van der Waals surface area contributed by atoms with E-state index >= 15 is 0 Å². The summed E-state index contributed by atoms with van der Waals surface area (Å²) in [5, 5.41) is -0.480. The molecule has 0 aliphatic rings. The summed E-state index contributed by atoms with van der Waals surface area (Å²) in [6.07, 6.45) is 0.351. The number of carbonyl (C=O) groups excluding carboxylic acids is 1. The molecule has 0 radical (unpaired) electrons. The lowest BCUT2D eigenvalue weighted by Crippen LogP contribution is -2.18. The maximum absolute atomic E-state index is 10.7. The summed E-state index contributed by atoms with van der Waals surface area (Å²) in [6, 6.07) is 7.64. The number of benzene rings is 1. The Morgan fingerprint density at radius 2 is 2.29 bits per heavy atom. The van der Waals surface area contributed by atoms with Gasteiger partial charge in [-0.15, -0.1) is 0 Å². The molecule has 1 rings (SSSR count). The van der Waals surface area contributed by atoms with Crippen molar-refractivity contribution in [3.8, 4) is 5.75 Å². The van der Waals surface area contributed by atoms with Crippen molar-refractivity contribution in [3.63, 3.8) is 0 Å². The number of hydrogen-bond donors (Lipinski definition) is 0. The number of halogens is 1. The van der Waals surface area contributed by atoms with Gasteiger partial charge in [0.2, 0.25) is 0 Å². The highest BCUT2D eigenvalue weighted by atomic mass is 35.5. The Morgan fingerprint density at radius 3 is 2.86 bits per heavy atom. The maximum atomic E-state index is 10.7. The molecule has 1 unspecified atom stereocenters. The van der Waals surface area contributed by atoms with Crippen LogP contribution < -0.4 is 4.74 Å². The third kappa shape index (κ3) is 3.04. The first-order valence-electron chi connectivity index (χ1n) is 4.58. The monoisotopic (exact) mass is 212 g/mol. The second-order valence-electron chi connectivity index (χ2n) is 3.07. The van der Waals surface area contributed by atoms with Gasteiger partial charge in [0, 0.05) is 0 Å². The fourth-order valence-electron chi connectivity index (χ4n) is 1.09. The van der Waals surface area contributed by atoms with Crippen LogP contribution in [0.1, 0.15) is 19.4 Å². The molecule has 0 amide bonds. The molecule has 0 bridgehead atoms. The van der Waals surface area contributed by atoms with Crippen LogP contribution in [0.4, 0.5) is 0 Å². The Labute approximate surface area is 88.8 Å². The zero-order chi connectivity index (χ0) is 10.6. The molecule has 0 aromatic heterocycles. The average molecular weight is 213 g/mol. The highest BCUT2D eigenvalue weighted by molar-refractivity contribution is 6.64. The van der Waals surface area contributed by atoms with E-state index in [9.17, 15) is 4.79 Å². The van der Waals surface area contributed by atoms with Gasteiger partial charge in [-0.2, -0.15) is 0 Å². The number of aryl methyl sites for hydroxylation is 1. The molecular weight excluding hydrogens is 200 g/mol. The summed E-state index contributed by atoms with van der Waals surface area (Å²) in [7, 11) is 0. The second-order valence-corrected chi connectivity index (χ2v) is 3.44. The average Bonchev–Trinajstić information content (AvgIpc) is 2.18. The molecule has 0 saturated heterocycles. The SMILES string of the molecule is CCc1cccc(OC(C)C(=O)Cl)c1. The van der Waals surface area contributed by atoms with Gasteiger partial charge in [-0.25, -0.2) is 0 Å². The van der Waals surface area contributed by atoms with Gasteiger partial charge in [-0.3, -0.25) is 4.79 Å². The van der Waals surface area contributed by atoms with Gasteiger partial charge < -0.3 is 4.74 Å². The molecule has 76 valence electrons. The third-order valence-electron chi connectivity index (χ3n) is 1.94. The minimum absolute atomic E-state index is 0.480. The molecule has 1 aromatic carbocycles. The van der Waals surface area contributed by atoms with E-state index < -0.39 is 11.3 Å². The standard InChI is InChI=1S/C11H13ClO2/c1-3-9-5-4-6-10(7-9)14-8(2)11(12)13/h4-8H,3H2,1-2H3. The van der Waals surface area contributed by atoms with Crippen LogP contribution in [-0.4, -0.2) is 11.3 Å². The fourth-order valence-corrected chi connectivity index (χ4v) is 1.13. The quantitative estimate of drug-likeness (QED) is 0.718. The lowest BCUT2D eigenvalue weighted by molar-refractivity contribution is -0.117. The van der Waals surface area contributed by atoms with Crippen LogP contribution >= 0.6 is 11.6 Å².